The van der Waals surface area contributed by atoms with Crippen molar-refractivity contribution in [3.63, 3.8) is 0 Å². The molecule has 1 saturated carbocycles. The van der Waals surface area contributed by atoms with Gasteiger partial charge in [0.25, 0.3) is 0 Å². The molecule has 0 aromatic heterocycles. The Hall–Kier alpha value is -1.35. The first kappa shape index (κ1) is 13.1. The van der Waals surface area contributed by atoms with Crippen molar-refractivity contribution in [2.75, 3.05) is 0 Å². The molecule has 0 bridgehead atoms. The van der Waals surface area contributed by atoms with Gasteiger partial charge in [0.1, 0.15) is 0 Å². The van der Waals surface area contributed by atoms with E-state index in [4.69, 9.17) is 0 Å². The van der Waals surface area contributed by atoms with Crippen LogP contribution in [-0.2, 0) is 11.2 Å². The van der Waals surface area contributed by atoms with E-state index in [2.05, 4.69) is 0 Å². The van der Waals surface area contributed by atoms with Crippen molar-refractivity contribution >= 4 is 5.97 Å². The Kier molecular flexibility index (Phi) is 4.37. The monoisotopic (exact) mass is 248 g/mol. The van der Waals surface area contributed by atoms with Crippen molar-refractivity contribution in [3.8, 4) is 0 Å². The van der Waals surface area contributed by atoms with Crippen LogP contribution < -0.4 is 0 Å². The van der Waals surface area contributed by atoms with E-state index in [-0.39, 0.29) is 5.92 Å². The van der Waals surface area contributed by atoms with Gasteiger partial charge in [-0.25, -0.2) is 0 Å². The first-order valence-corrected chi connectivity index (χ1v) is 6.63. The van der Waals surface area contributed by atoms with Crippen molar-refractivity contribution in [3.05, 3.63) is 35.9 Å². The van der Waals surface area contributed by atoms with Crippen molar-refractivity contribution in [1.82, 2.24) is 0 Å². The standard InChI is InChI=1S/C15H20O3/c16-14-9-5-4-8-12(14)13(15(17)18)10-11-6-2-1-3-7-11/h1-3,6-7,12-14,16H,4-5,8-10H2,(H,17,18). The Morgan fingerprint density at radius 2 is 1.89 bits per heavy atom. The summed E-state index contributed by atoms with van der Waals surface area (Å²) in [5.41, 5.74) is 1.03. The summed E-state index contributed by atoms with van der Waals surface area (Å²) in [5, 5.41) is 19.4. The zero-order valence-corrected chi connectivity index (χ0v) is 10.5. The highest BCUT2D eigenvalue weighted by molar-refractivity contribution is 5.71. The number of aliphatic hydroxyl groups excluding tert-OH is 1. The first-order valence-electron chi connectivity index (χ1n) is 6.63. The van der Waals surface area contributed by atoms with Gasteiger partial charge in [-0.3, -0.25) is 4.79 Å². The van der Waals surface area contributed by atoms with E-state index in [1.54, 1.807) is 0 Å². The number of aliphatic carboxylic acids is 1. The number of benzene rings is 1. The van der Waals surface area contributed by atoms with Crippen LogP contribution in [0.25, 0.3) is 0 Å². The molecule has 1 aliphatic rings. The molecule has 2 rings (SSSR count). The van der Waals surface area contributed by atoms with Gasteiger partial charge in [-0.15, -0.1) is 0 Å². The van der Waals surface area contributed by atoms with Crippen molar-refractivity contribution in [2.45, 2.75) is 38.2 Å². The largest absolute Gasteiger partial charge is 0.481 e. The molecule has 3 heteroatoms. The van der Waals surface area contributed by atoms with Crippen LogP contribution in [0.1, 0.15) is 31.2 Å². The van der Waals surface area contributed by atoms with Gasteiger partial charge in [0, 0.05) is 0 Å². The van der Waals surface area contributed by atoms with Gasteiger partial charge in [-0.05, 0) is 30.7 Å². The molecule has 0 amide bonds. The summed E-state index contributed by atoms with van der Waals surface area (Å²) in [7, 11) is 0. The van der Waals surface area contributed by atoms with Crippen LogP contribution in [0.3, 0.4) is 0 Å². The van der Waals surface area contributed by atoms with E-state index < -0.39 is 18.0 Å². The topological polar surface area (TPSA) is 57.5 Å². The summed E-state index contributed by atoms with van der Waals surface area (Å²) in [5.74, 6) is -1.36. The summed E-state index contributed by atoms with van der Waals surface area (Å²) in [4.78, 5) is 11.4. The molecule has 0 aliphatic heterocycles. The predicted octanol–water partition coefficient (Wildman–Crippen LogP) is 2.48. The van der Waals surface area contributed by atoms with Crippen molar-refractivity contribution in [2.24, 2.45) is 11.8 Å². The van der Waals surface area contributed by atoms with E-state index in [1.165, 1.54) is 0 Å². The lowest BCUT2D eigenvalue weighted by atomic mass is 9.75. The lowest BCUT2D eigenvalue weighted by Gasteiger charge is -2.32. The highest BCUT2D eigenvalue weighted by Crippen LogP contribution is 2.32. The van der Waals surface area contributed by atoms with Gasteiger partial charge >= 0.3 is 5.97 Å². The Balaban J connectivity index is 2.10. The van der Waals surface area contributed by atoms with Crippen molar-refractivity contribution < 1.29 is 15.0 Å². The Bertz CT molecular complexity index is 388. The molecule has 0 heterocycles. The molecule has 2 N–H and O–H groups in total. The third-order valence-corrected chi connectivity index (χ3v) is 3.91. The molecule has 1 aliphatic carbocycles. The number of hydrogen-bond donors (Lipinski definition) is 2. The highest BCUT2D eigenvalue weighted by atomic mass is 16.4. The maximum atomic E-state index is 11.4. The van der Waals surface area contributed by atoms with Crippen LogP contribution in [0.5, 0.6) is 0 Å². The molecule has 1 fully saturated rings. The van der Waals surface area contributed by atoms with E-state index in [0.29, 0.717) is 6.42 Å². The minimum atomic E-state index is -0.787. The summed E-state index contributed by atoms with van der Waals surface area (Å²) < 4.78 is 0. The molecule has 0 radical (unpaired) electrons. The van der Waals surface area contributed by atoms with Gasteiger partial charge in [0.15, 0.2) is 0 Å². The van der Waals surface area contributed by atoms with Gasteiger partial charge in [-0.1, -0.05) is 43.2 Å². The van der Waals surface area contributed by atoms with Gasteiger partial charge in [0.2, 0.25) is 0 Å². The zero-order valence-electron chi connectivity index (χ0n) is 10.5. The summed E-state index contributed by atoms with van der Waals surface area (Å²) in [6, 6.07) is 9.67. The van der Waals surface area contributed by atoms with Crippen LogP contribution in [0.2, 0.25) is 0 Å². The lowest BCUT2D eigenvalue weighted by Crippen LogP contribution is -2.36. The fraction of sp³-hybridized carbons (Fsp3) is 0.533. The summed E-state index contributed by atoms with van der Waals surface area (Å²) in [6.07, 6.45) is 3.66. The quantitative estimate of drug-likeness (QED) is 0.860. The third kappa shape index (κ3) is 3.10. The minimum Gasteiger partial charge on any atom is -0.481 e. The molecule has 3 unspecified atom stereocenters. The van der Waals surface area contributed by atoms with Crippen LogP contribution >= 0.6 is 0 Å². The Morgan fingerprint density at radius 1 is 1.22 bits per heavy atom. The number of rotatable bonds is 4. The average molecular weight is 248 g/mol. The number of hydrogen-bond acceptors (Lipinski definition) is 2. The SMILES string of the molecule is O=C(O)C(Cc1ccccc1)C1CCCCC1O. The fourth-order valence-electron chi connectivity index (χ4n) is 2.90. The molecular weight excluding hydrogens is 228 g/mol. The molecule has 98 valence electrons. The van der Waals surface area contributed by atoms with Crippen LogP contribution in [0.4, 0.5) is 0 Å². The molecule has 3 atom stereocenters. The zero-order chi connectivity index (χ0) is 13.0. The maximum absolute atomic E-state index is 11.4. The maximum Gasteiger partial charge on any atom is 0.307 e. The molecule has 3 nitrogen and oxygen atoms in total. The fourth-order valence-corrected chi connectivity index (χ4v) is 2.90. The van der Waals surface area contributed by atoms with Crippen LogP contribution in [-0.4, -0.2) is 22.3 Å². The molecule has 0 spiro atoms. The second-order valence-corrected chi connectivity index (χ2v) is 5.15. The lowest BCUT2D eigenvalue weighted by molar-refractivity contribution is -0.146. The average Bonchev–Trinajstić information content (AvgIpc) is 2.38. The second-order valence-electron chi connectivity index (χ2n) is 5.15. The third-order valence-electron chi connectivity index (χ3n) is 3.91. The predicted molar refractivity (Wildman–Crippen MR) is 69.2 cm³/mol. The number of carboxylic acids is 1. The van der Waals surface area contributed by atoms with Crippen LogP contribution in [0, 0.1) is 11.8 Å². The Morgan fingerprint density at radius 3 is 2.50 bits per heavy atom. The normalized spacial score (nSPS) is 25.6. The number of carbonyl (C=O) groups is 1. The summed E-state index contributed by atoms with van der Waals surface area (Å²) in [6.45, 7) is 0. The highest BCUT2D eigenvalue weighted by Gasteiger charge is 2.34. The molecular formula is C15H20O3. The van der Waals surface area contributed by atoms with Gasteiger partial charge < -0.3 is 10.2 Å². The van der Waals surface area contributed by atoms with E-state index in [0.717, 1.165) is 31.2 Å². The van der Waals surface area contributed by atoms with E-state index in [1.807, 2.05) is 30.3 Å². The second kappa shape index (κ2) is 6.01. The van der Waals surface area contributed by atoms with Gasteiger partial charge in [0.05, 0.1) is 12.0 Å². The minimum absolute atomic E-state index is 0.101. The molecule has 1 aromatic rings. The molecule has 1 aromatic carbocycles. The van der Waals surface area contributed by atoms with E-state index >= 15 is 0 Å². The van der Waals surface area contributed by atoms with E-state index in [9.17, 15) is 15.0 Å². The van der Waals surface area contributed by atoms with Crippen LogP contribution in [0.15, 0.2) is 30.3 Å². The smallest absolute Gasteiger partial charge is 0.307 e. The summed E-state index contributed by atoms with van der Waals surface area (Å²) >= 11 is 0. The Labute approximate surface area is 107 Å². The molecule has 18 heavy (non-hydrogen) atoms. The van der Waals surface area contributed by atoms with Crippen molar-refractivity contribution in [1.29, 1.82) is 0 Å². The number of aliphatic hydroxyl groups is 1. The first-order chi connectivity index (χ1) is 8.68. The van der Waals surface area contributed by atoms with Gasteiger partial charge in [-0.2, -0.15) is 0 Å². The number of carboxylic acid groups (broad SMARTS) is 1. The molecule has 0 saturated heterocycles.